The van der Waals surface area contributed by atoms with E-state index in [0.29, 0.717) is 11.6 Å². The Labute approximate surface area is 125 Å². The molecule has 1 aromatic carbocycles. The Kier molecular flexibility index (Phi) is 7.59. The van der Waals surface area contributed by atoms with Gasteiger partial charge in [-0.15, -0.1) is 0 Å². The molecule has 1 unspecified atom stereocenters. The molecule has 19 heavy (non-hydrogen) atoms. The molecule has 2 nitrogen and oxygen atoms in total. The molecule has 0 amide bonds. The summed E-state index contributed by atoms with van der Waals surface area (Å²) in [6, 6.07) is 8.44. The van der Waals surface area contributed by atoms with Crippen LogP contribution in [0.2, 0.25) is 0 Å². The minimum atomic E-state index is 0.412. The van der Waals surface area contributed by atoms with Crippen LogP contribution in [0.3, 0.4) is 0 Å². The first-order valence-electron chi connectivity index (χ1n) is 7.13. The van der Waals surface area contributed by atoms with Crippen LogP contribution in [-0.4, -0.2) is 6.04 Å². The van der Waals surface area contributed by atoms with E-state index in [4.69, 9.17) is 5.26 Å². The van der Waals surface area contributed by atoms with Crippen LogP contribution in [0.4, 0.5) is 5.69 Å². The zero-order chi connectivity index (χ0) is 14.1. The molecule has 0 fully saturated rings. The fourth-order valence-corrected chi connectivity index (χ4v) is 2.49. The predicted octanol–water partition coefficient (Wildman–Crippen LogP) is 5.48. The van der Waals surface area contributed by atoms with Gasteiger partial charge in [-0.2, -0.15) is 5.26 Å². The molecule has 0 aromatic heterocycles. The van der Waals surface area contributed by atoms with Gasteiger partial charge >= 0.3 is 0 Å². The average molecular weight is 323 g/mol. The van der Waals surface area contributed by atoms with Crippen molar-refractivity contribution < 1.29 is 0 Å². The predicted molar refractivity (Wildman–Crippen MR) is 85.3 cm³/mol. The molecule has 1 aromatic rings. The highest BCUT2D eigenvalue weighted by atomic mass is 79.9. The van der Waals surface area contributed by atoms with E-state index in [1.807, 2.05) is 18.2 Å². The maximum absolute atomic E-state index is 9.12. The van der Waals surface area contributed by atoms with Crippen molar-refractivity contribution in [2.24, 2.45) is 0 Å². The molecule has 0 spiro atoms. The Morgan fingerprint density at radius 2 is 2.00 bits per heavy atom. The summed E-state index contributed by atoms with van der Waals surface area (Å²) in [5, 5.41) is 12.6. The molecule has 0 radical (unpaired) electrons. The number of nitrogens with one attached hydrogen (secondary N) is 1. The quantitative estimate of drug-likeness (QED) is 0.643. The van der Waals surface area contributed by atoms with Crippen molar-refractivity contribution in [3.05, 3.63) is 28.2 Å². The van der Waals surface area contributed by atoms with Crippen LogP contribution in [-0.2, 0) is 0 Å². The molecule has 0 bridgehead atoms. The zero-order valence-electron chi connectivity index (χ0n) is 11.9. The molecule has 0 saturated heterocycles. The van der Waals surface area contributed by atoms with Crippen molar-refractivity contribution in [2.45, 2.75) is 58.4 Å². The van der Waals surface area contributed by atoms with Crippen LogP contribution in [0.1, 0.15) is 57.9 Å². The van der Waals surface area contributed by atoms with Gasteiger partial charge in [0.1, 0.15) is 6.07 Å². The molecule has 1 rings (SSSR count). The summed E-state index contributed by atoms with van der Waals surface area (Å²) >= 11 is 3.39. The first kappa shape index (κ1) is 16.0. The first-order chi connectivity index (χ1) is 9.17. The van der Waals surface area contributed by atoms with Gasteiger partial charge in [0.15, 0.2) is 0 Å². The molecule has 0 aliphatic carbocycles. The van der Waals surface area contributed by atoms with Crippen molar-refractivity contribution in [1.82, 2.24) is 0 Å². The number of rotatable bonds is 8. The van der Waals surface area contributed by atoms with E-state index < -0.39 is 0 Å². The minimum Gasteiger partial charge on any atom is -0.382 e. The molecular formula is C16H23BrN2. The van der Waals surface area contributed by atoms with Crippen molar-refractivity contribution in [1.29, 1.82) is 5.26 Å². The molecule has 104 valence electrons. The molecule has 0 saturated carbocycles. The number of anilines is 1. The van der Waals surface area contributed by atoms with Crippen molar-refractivity contribution in [3.8, 4) is 6.07 Å². The van der Waals surface area contributed by atoms with E-state index in [-0.39, 0.29) is 0 Å². The van der Waals surface area contributed by atoms with Gasteiger partial charge in [0.05, 0.1) is 11.3 Å². The number of benzene rings is 1. The van der Waals surface area contributed by atoms with Crippen molar-refractivity contribution in [3.63, 3.8) is 0 Å². The van der Waals surface area contributed by atoms with E-state index in [1.54, 1.807) is 0 Å². The third-order valence-electron chi connectivity index (χ3n) is 3.24. The van der Waals surface area contributed by atoms with Crippen LogP contribution in [0, 0.1) is 11.3 Å². The summed E-state index contributed by atoms with van der Waals surface area (Å²) < 4.78 is 0.946. The average Bonchev–Trinajstić information content (AvgIpc) is 2.40. The number of hydrogen-bond donors (Lipinski definition) is 1. The lowest BCUT2D eigenvalue weighted by molar-refractivity contribution is 0.578. The van der Waals surface area contributed by atoms with E-state index in [9.17, 15) is 0 Å². The summed E-state index contributed by atoms with van der Waals surface area (Å²) in [7, 11) is 0. The Balaban J connectivity index is 2.40. The molecule has 1 atom stereocenters. The number of hydrogen-bond acceptors (Lipinski definition) is 2. The minimum absolute atomic E-state index is 0.412. The Hall–Kier alpha value is -1.01. The van der Waals surface area contributed by atoms with Crippen molar-refractivity contribution in [2.75, 3.05) is 5.32 Å². The van der Waals surface area contributed by atoms with Crippen LogP contribution >= 0.6 is 15.9 Å². The zero-order valence-corrected chi connectivity index (χ0v) is 13.5. The standard InChI is InChI=1S/C16H23BrN2/c1-3-4-5-6-7-8-13(2)19-16-10-9-15(17)11-14(16)12-18/h9-11,13,19H,3-8H2,1-2H3. The fraction of sp³-hybridized carbons (Fsp3) is 0.562. The molecule has 0 aliphatic rings. The van der Waals surface area contributed by atoms with Crippen LogP contribution in [0.25, 0.3) is 0 Å². The third-order valence-corrected chi connectivity index (χ3v) is 3.74. The second kappa shape index (κ2) is 8.98. The summed E-state index contributed by atoms with van der Waals surface area (Å²) in [6.45, 7) is 4.42. The van der Waals surface area contributed by atoms with E-state index in [2.05, 4.69) is 41.2 Å². The second-order valence-electron chi connectivity index (χ2n) is 5.05. The molecular weight excluding hydrogens is 300 g/mol. The lowest BCUT2D eigenvalue weighted by Gasteiger charge is -2.16. The smallest absolute Gasteiger partial charge is 0.101 e. The number of nitrogens with zero attached hydrogens (tertiary/aromatic N) is 1. The monoisotopic (exact) mass is 322 g/mol. The van der Waals surface area contributed by atoms with Gasteiger partial charge in [0.25, 0.3) is 0 Å². The Morgan fingerprint density at radius 3 is 2.68 bits per heavy atom. The summed E-state index contributed by atoms with van der Waals surface area (Å²) in [6.07, 6.45) is 7.69. The second-order valence-corrected chi connectivity index (χ2v) is 5.97. The van der Waals surface area contributed by atoms with E-state index in [1.165, 1.54) is 32.1 Å². The van der Waals surface area contributed by atoms with Gasteiger partial charge < -0.3 is 5.32 Å². The van der Waals surface area contributed by atoms with Gasteiger partial charge in [-0.05, 0) is 31.5 Å². The summed E-state index contributed by atoms with van der Waals surface area (Å²) in [4.78, 5) is 0. The molecule has 1 N–H and O–H groups in total. The normalized spacial score (nSPS) is 11.9. The van der Waals surface area contributed by atoms with Gasteiger partial charge in [-0.1, -0.05) is 55.0 Å². The van der Waals surface area contributed by atoms with E-state index >= 15 is 0 Å². The lowest BCUT2D eigenvalue weighted by Crippen LogP contribution is -2.15. The van der Waals surface area contributed by atoms with Gasteiger partial charge in [-0.25, -0.2) is 0 Å². The lowest BCUT2D eigenvalue weighted by atomic mass is 10.1. The SMILES string of the molecule is CCCCCCCC(C)Nc1ccc(Br)cc1C#N. The van der Waals surface area contributed by atoms with Gasteiger partial charge in [-0.3, -0.25) is 0 Å². The number of unbranched alkanes of at least 4 members (excludes halogenated alkanes) is 4. The number of halogens is 1. The molecule has 0 aliphatic heterocycles. The molecule has 3 heteroatoms. The first-order valence-corrected chi connectivity index (χ1v) is 7.93. The largest absolute Gasteiger partial charge is 0.382 e. The highest BCUT2D eigenvalue weighted by Gasteiger charge is 2.06. The maximum atomic E-state index is 9.12. The topological polar surface area (TPSA) is 35.8 Å². The van der Waals surface area contributed by atoms with Crippen LogP contribution in [0.15, 0.2) is 22.7 Å². The molecule has 0 heterocycles. The fourth-order valence-electron chi connectivity index (χ4n) is 2.13. The van der Waals surface area contributed by atoms with Gasteiger partial charge in [0.2, 0.25) is 0 Å². The van der Waals surface area contributed by atoms with E-state index in [0.717, 1.165) is 16.6 Å². The maximum Gasteiger partial charge on any atom is 0.101 e. The van der Waals surface area contributed by atoms with Gasteiger partial charge in [0, 0.05) is 10.5 Å². The third kappa shape index (κ3) is 6.11. The van der Waals surface area contributed by atoms with Crippen molar-refractivity contribution >= 4 is 21.6 Å². The summed E-state index contributed by atoms with van der Waals surface area (Å²) in [5.74, 6) is 0. The summed E-state index contributed by atoms with van der Waals surface area (Å²) in [5.41, 5.74) is 1.64. The van der Waals surface area contributed by atoms with Crippen LogP contribution in [0.5, 0.6) is 0 Å². The Bertz CT molecular complexity index is 423. The Morgan fingerprint density at radius 1 is 1.26 bits per heavy atom. The highest BCUT2D eigenvalue weighted by molar-refractivity contribution is 9.10. The van der Waals surface area contributed by atoms with Crippen LogP contribution < -0.4 is 5.32 Å². The highest BCUT2D eigenvalue weighted by Crippen LogP contribution is 2.21. The number of nitriles is 1.